The first-order chi connectivity index (χ1) is 15.3. The van der Waals surface area contributed by atoms with E-state index >= 15 is 0 Å². The zero-order chi connectivity index (χ0) is 23.0. The molecule has 1 aromatic rings. The van der Waals surface area contributed by atoms with Crippen LogP contribution in [0.5, 0.6) is 0 Å². The second kappa shape index (κ2) is 10.0. The van der Waals surface area contributed by atoms with E-state index in [0.717, 1.165) is 35.7 Å². The molecule has 4 amide bonds. The smallest absolute Gasteiger partial charge is 0.325 e. The van der Waals surface area contributed by atoms with Gasteiger partial charge in [-0.25, -0.2) is 4.90 Å². The first-order valence-electron chi connectivity index (χ1n) is 11.0. The minimum absolute atomic E-state index is 0. The van der Waals surface area contributed by atoms with Crippen LogP contribution in [0.25, 0.3) is 0 Å². The summed E-state index contributed by atoms with van der Waals surface area (Å²) in [6.45, 7) is 4.95. The second-order valence-corrected chi connectivity index (χ2v) is 8.76. The van der Waals surface area contributed by atoms with Gasteiger partial charge in [-0.2, -0.15) is 0 Å². The molecule has 0 N–H and O–H groups in total. The Hall–Kier alpha value is -2.78. The van der Waals surface area contributed by atoms with Crippen LogP contribution in [0.1, 0.15) is 60.2 Å². The number of piperidine rings is 1. The lowest BCUT2D eigenvalue weighted by atomic mass is 10.0. The van der Waals surface area contributed by atoms with E-state index in [-0.39, 0.29) is 42.3 Å². The Morgan fingerprint density at radius 2 is 1.61 bits per heavy atom. The molecule has 0 radical (unpaired) electrons. The maximum Gasteiger partial charge on any atom is 0.325 e. The Balaban J connectivity index is 0.00000306. The lowest BCUT2D eigenvalue weighted by molar-refractivity contribution is -0.167. The molecule has 0 aromatic heterocycles. The number of halogens is 1. The molecule has 2 saturated heterocycles. The van der Waals surface area contributed by atoms with Crippen LogP contribution in [-0.2, 0) is 19.1 Å². The van der Waals surface area contributed by atoms with Crippen molar-refractivity contribution in [2.45, 2.75) is 51.6 Å². The van der Waals surface area contributed by atoms with Gasteiger partial charge in [-0.05, 0) is 50.4 Å². The number of carbonyl (C=O) groups is 5. The normalized spacial score (nSPS) is 22.0. The molecule has 0 spiro atoms. The van der Waals surface area contributed by atoms with E-state index in [0.29, 0.717) is 0 Å². The number of fused-ring (bicyclic) bond motifs is 1. The number of carbonyl (C=O) groups excluding carboxylic acids is 5. The van der Waals surface area contributed by atoms with Crippen molar-refractivity contribution in [2.75, 3.05) is 19.8 Å². The highest BCUT2D eigenvalue weighted by molar-refractivity contribution is 6.23. The van der Waals surface area contributed by atoms with Gasteiger partial charge in [0.15, 0.2) is 6.73 Å². The van der Waals surface area contributed by atoms with Crippen LogP contribution < -0.4 is 0 Å². The number of benzene rings is 1. The Bertz CT molecular complexity index is 940. The molecule has 10 heteroatoms. The molecule has 3 aliphatic heterocycles. The van der Waals surface area contributed by atoms with Crippen LogP contribution in [-0.4, -0.2) is 76.2 Å². The zero-order valence-corrected chi connectivity index (χ0v) is 19.5. The standard InChI is InChI=1S/C23H27N3O6.ClH/c1-14(2)19(24-11-5-6-12-24)23(31)32-13-25-18(27)10-9-17(22(25)30)26-20(28)15-7-3-4-8-16(15)21(26)29;/h3-4,7-8,14,17,19H,5-6,9-13H2,1-2H3;1H. The molecule has 0 bridgehead atoms. The highest BCUT2D eigenvalue weighted by atomic mass is 35.5. The highest BCUT2D eigenvalue weighted by Crippen LogP contribution is 2.29. The van der Waals surface area contributed by atoms with Crippen LogP contribution >= 0.6 is 12.4 Å². The topological polar surface area (TPSA) is 104 Å². The Kier molecular flexibility index (Phi) is 7.54. The molecule has 3 aliphatic rings. The summed E-state index contributed by atoms with van der Waals surface area (Å²) in [6.07, 6.45) is 2.06. The maximum absolute atomic E-state index is 13.1. The summed E-state index contributed by atoms with van der Waals surface area (Å²) >= 11 is 0. The largest absolute Gasteiger partial charge is 0.443 e. The van der Waals surface area contributed by atoms with Gasteiger partial charge in [0.1, 0.15) is 12.1 Å². The van der Waals surface area contributed by atoms with Crippen molar-refractivity contribution in [1.82, 2.24) is 14.7 Å². The number of amides is 4. The van der Waals surface area contributed by atoms with Gasteiger partial charge in [0, 0.05) is 6.42 Å². The van der Waals surface area contributed by atoms with Gasteiger partial charge in [0.05, 0.1) is 11.1 Å². The van der Waals surface area contributed by atoms with Gasteiger partial charge in [-0.3, -0.25) is 33.8 Å². The minimum Gasteiger partial charge on any atom is -0.443 e. The van der Waals surface area contributed by atoms with Crippen LogP contribution in [0.3, 0.4) is 0 Å². The number of likely N-dealkylation sites (tertiary alicyclic amines) is 2. The van der Waals surface area contributed by atoms with E-state index < -0.39 is 48.4 Å². The van der Waals surface area contributed by atoms with Crippen molar-refractivity contribution in [3.8, 4) is 0 Å². The summed E-state index contributed by atoms with van der Waals surface area (Å²) in [4.78, 5) is 67.7. The molecule has 0 aliphatic carbocycles. The third-order valence-corrected chi connectivity index (χ3v) is 6.36. The molecule has 178 valence electrons. The first-order valence-corrected chi connectivity index (χ1v) is 11.0. The Morgan fingerprint density at radius 3 is 2.15 bits per heavy atom. The lowest BCUT2D eigenvalue weighted by Gasteiger charge is -2.35. The summed E-state index contributed by atoms with van der Waals surface area (Å²) in [6, 6.07) is 4.84. The fourth-order valence-corrected chi connectivity index (χ4v) is 4.76. The number of nitrogens with zero attached hydrogens (tertiary/aromatic N) is 3. The molecule has 33 heavy (non-hydrogen) atoms. The predicted molar refractivity (Wildman–Crippen MR) is 119 cm³/mol. The quantitative estimate of drug-likeness (QED) is 0.454. The molecule has 2 atom stereocenters. The van der Waals surface area contributed by atoms with Gasteiger partial charge in [-0.15, -0.1) is 12.4 Å². The molecule has 2 fully saturated rings. The molecular weight excluding hydrogens is 450 g/mol. The third-order valence-electron chi connectivity index (χ3n) is 6.36. The Morgan fingerprint density at radius 1 is 1.03 bits per heavy atom. The van der Waals surface area contributed by atoms with Crippen molar-refractivity contribution in [3.63, 3.8) is 0 Å². The molecule has 2 unspecified atom stereocenters. The van der Waals surface area contributed by atoms with E-state index in [4.69, 9.17) is 4.74 Å². The van der Waals surface area contributed by atoms with Crippen molar-refractivity contribution < 1.29 is 28.7 Å². The van der Waals surface area contributed by atoms with Crippen molar-refractivity contribution in [3.05, 3.63) is 35.4 Å². The van der Waals surface area contributed by atoms with Gasteiger partial charge < -0.3 is 4.74 Å². The number of rotatable bonds is 6. The number of hydrogen-bond acceptors (Lipinski definition) is 7. The SMILES string of the molecule is CC(C)C(C(=O)OCN1C(=O)CCC(N2C(=O)c3ccccc3C2=O)C1=O)N1CCCC1.Cl. The van der Waals surface area contributed by atoms with Crippen molar-refractivity contribution in [1.29, 1.82) is 0 Å². The lowest BCUT2D eigenvalue weighted by Crippen LogP contribution is -2.57. The minimum atomic E-state index is -1.10. The molecule has 3 heterocycles. The fourth-order valence-electron chi connectivity index (χ4n) is 4.76. The summed E-state index contributed by atoms with van der Waals surface area (Å²) in [7, 11) is 0. The predicted octanol–water partition coefficient (Wildman–Crippen LogP) is 1.84. The summed E-state index contributed by atoms with van der Waals surface area (Å²) in [5.74, 6) is -2.76. The average Bonchev–Trinajstić information content (AvgIpc) is 3.36. The molecular formula is C23H28ClN3O6. The molecule has 9 nitrogen and oxygen atoms in total. The van der Waals surface area contributed by atoms with Crippen LogP contribution in [0.2, 0.25) is 0 Å². The van der Waals surface area contributed by atoms with E-state index in [2.05, 4.69) is 4.90 Å². The van der Waals surface area contributed by atoms with Crippen molar-refractivity contribution in [2.24, 2.45) is 5.92 Å². The number of hydrogen-bond donors (Lipinski definition) is 0. The monoisotopic (exact) mass is 477 g/mol. The zero-order valence-electron chi connectivity index (χ0n) is 18.7. The summed E-state index contributed by atoms with van der Waals surface area (Å²) in [5, 5.41) is 0. The van der Waals surface area contributed by atoms with E-state index in [1.54, 1.807) is 12.1 Å². The summed E-state index contributed by atoms with van der Waals surface area (Å²) < 4.78 is 5.40. The highest BCUT2D eigenvalue weighted by Gasteiger charge is 2.47. The first kappa shape index (κ1) is 24.9. The summed E-state index contributed by atoms with van der Waals surface area (Å²) in [5.41, 5.74) is 0.483. The van der Waals surface area contributed by atoms with Crippen LogP contribution in [0.15, 0.2) is 24.3 Å². The second-order valence-electron chi connectivity index (χ2n) is 8.76. The Labute approximate surface area is 198 Å². The molecule has 1 aromatic carbocycles. The van der Waals surface area contributed by atoms with Crippen molar-refractivity contribution >= 4 is 42.0 Å². The average molecular weight is 478 g/mol. The van der Waals surface area contributed by atoms with E-state index in [1.807, 2.05) is 13.8 Å². The van der Waals surface area contributed by atoms with Crippen LogP contribution in [0.4, 0.5) is 0 Å². The van der Waals surface area contributed by atoms with Gasteiger partial charge in [0.2, 0.25) is 5.91 Å². The van der Waals surface area contributed by atoms with Gasteiger partial charge in [0.25, 0.3) is 17.7 Å². The van der Waals surface area contributed by atoms with E-state index in [1.165, 1.54) is 12.1 Å². The maximum atomic E-state index is 13.1. The number of esters is 1. The number of imide groups is 2. The van der Waals surface area contributed by atoms with Crippen LogP contribution in [0, 0.1) is 5.92 Å². The molecule has 0 saturated carbocycles. The van der Waals surface area contributed by atoms with Gasteiger partial charge in [-0.1, -0.05) is 26.0 Å². The third kappa shape index (κ3) is 4.52. The van der Waals surface area contributed by atoms with Gasteiger partial charge >= 0.3 is 5.97 Å². The van der Waals surface area contributed by atoms with E-state index in [9.17, 15) is 24.0 Å². The fraction of sp³-hybridized carbons (Fsp3) is 0.522. The molecule has 4 rings (SSSR count). The number of ether oxygens (including phenoxy) is 1.